The summed E-state index contributed by atoms with van der Waals surface area (Å²) in [4.78, 5) is 12.1. The molecule has 1 saturated carbocycles. The number of carbonyl (C=O) groups excluding carboxylic acids is 1. The SMILES string of the molecule is CC1(C)C(NC(=O)CCC2CCNC2)C2CCOC21.Cl. The molecule has 2 heterocycles. The van der Waals surface area contributed by atoms with Gasteiger partial charge >= 0.3 is 0 Å². The van der Waals surface area contributed by atoms with E-state index < -0.39 is 0 Å². The molecule has 20 heavy (non-hydrogen) atoms. The van der Waals surface area contributed by atoms with Gasteiger partial charge in [-0.2, -0.15) is 0 Å². The van der Waals surface area contributed by atoms with Gasteiger partial charge in [-0.25, -0.2) is 0 Å². The Morgan fingerprint density at radius 3 is 2.90 bits per heavy atom. The number of hydrogen-bond donors (Lipinski definition) is 2. The topological polar surface area (TPSA) is 50.4 Å². The van der Waals surface area contributed by atoms with Gasteiger partial charge in [0.25, 0.3) is 0 Å². The van der Waals surface area contributed by atoms with Crippen LogP contribution < -0.4 is 10.6 Å². The fourth-order valence-corrected chi connectivity index (χ4v) is 4.16. The molecule has 2 aliphatic heterocycles. The summed E-state index contributed by atoms with van der Waals surface area (Å²) in [6, 6.07) is 0.314. The average molecular weight is 303 g/mol. The second-order valence-corrected chi connectivity index (χ2v) is 7.01. The van der Waals surface area contributed by atoms with E-state index >= 15 is 0 Å². The van der Waals surface area contributed by atoms with Crippen LogP contribution in [0.3, 0.4) is 0 Å². The Labute approximate surface area is 127 Å². The van der Waals surface area contributed by atoms with Crippen LogP contribution in [-0.2, 0) is 9.53 Å². The summed E-state index contributed by atoms with van der Waals surface area (Å²) in [5, 5.41) is 6.62. The third kappa shape index (κ3) is 2.83. The van der Waals surface area contributed by atoms with Crippen LogP contribution in [0.5, 0.6) is 0 Å². The first-order valence-electron chi connectivity index (χ1n) is 7.70. The first kappa shape index (κ1) is 16.1. The Kier molecular flexibility index (Phi) is 4.98. The lowest BCUT2D eigenvalue weighted by Crippen LogP contribution is -2.66. The first-order valence-corrected chi connectivity index (χ1v) is 7.70. The van der Waals surface area contributed by atoms with Crippen molar-refractivity contribution >= 4 is 18.3 Å². The van der Waals surface area contributed by atoms with Crippen molar-refractivity contribution in [2.75, 3.05) is 19.7 Å². The Morgan fingerprint density at radius 2 is 2.20 bits per heavy atom. The Bertz CT molecular complexity index is 356. The van der Waals surface area contributed by atoms with Gasteiger partial charge in [-0.3, -0.25) is 4.79 Å². The summed E-state index contributed by atoms with van der Waals surface area (Å²) < 4.78 is 5.76. The van der Waals surface area contributed by atoms with E-state index in [1.165, 1.54) is 6.42 Å². The highest BCUT2D eigenvalue weighted by atomic mass is 35.5. The van der Waals surface area contributed by atoms with Crippen LogP contribution in [0.1, 0.15) is 39.5 Å². The molecular weight excluding hydrogens is 276 g/mol. The van der Waals surface area contributed by atoms with E-state index in [9.17, 15) is 4.79 Å². The quantitative estimate of drug-likeness (QED) is 0.831. The Morgan fingerprint density at radius 1 is 1.40 bits per heavy atom. The van der Waals surface area contributed by atoms with Crippen LogP contribution in [0, 0.1) is 17.3 Å². The number of carbonyl (C=O) groups is 1. The second-order valence-electron chi connectivity index (χ2n) is 7.01. The molecular formula is C15H27ClN2O2. The first-order chi connectivity index (χ1) is 9.09. The fraction of sp³-hybridized carbons (Fsp3) is 0.933. The molecule has 0 radical (unpaired) electrons. The van der Waals surface area contributed by atoms with Gasteiger partial charge < -0.3 is 15.4 Å². The van der Waals surface area contributed by atoms with Crippen molar-refractivity contribution in [1.29, 1.82) is 0 Å². The minimum atomic E-state index is 0. The molecule has 0 aromatic rings. The summed E-state index contributed by atoms with van der Waals surface area (Å²) in [5.74, 6) is 1.48. The molecule has 0 aromatic heterocycles. The highest BCUT2D eigenvalue weighted by Gasteiger charge is 2.59. The molecule has 3 aliphatic rings. The molecule has 4 atom stereocenters. The molecule has 3 rings (SSSR count). The monoisotopic (exact) mass is 302 g/mol. The number of ether oxygens (including phenoxy) is 1. The van der Waals surface area contributed by atoms with Gasteiger partial charge in [-0.15, -0.1) is 12.4 Å². The summed E-state index contributed by atoms with van der Waals surface area (Å²) in [6.07, 6.45) is 4.39. The molecule has 1 amide bonds. The normalized spacial score (nSPS) is 37.7. The van der Waals surface area contributed by atoms with Crippen molar-refractivity contribution < 1.29 is 9.53 Å². The predicted octanol–water partition coefficient (Wildman–Crippen LogP) is 1.73. The van der Waals surface area contributed by atoms with Gasteiger partial charge in [0.05, 0.1) is 6.10 Å². The predicted molar refractivity (Wildman–Crippen MR) is 81.0 cm³/mol. The third-order valence-corrected chi connectivity index (χ3v) is 5.36. The van der Waals surface area contributed by atoms with Crippen LogP contribution in [0.25, 0.3) is 0 Å². The molecule has 3 fully saturated rings. The van der Waals surface area contributed by atoms with Gasteiger partial charge in [0.1, 0.15) is 0 Å². The molecule has 2 saturated heterocycles. The van der Waals surface area contributed by atoms with Crippen molar-refractivity contribution in [3.05, 3.63) is 0 Å². The number of hydrogen-bond acceptors (Lipinski definition) is 3. The van der Waals surface area contributed by atoms with E-state index in [2.05, 4.69) is 24.5 Å². The maximum Gasteiger partial charge on any atom is 0.220 e. The van der Waals surface area contributed by atoms with E-state index in [0.717, 1.165) is 32.5 Å². The van der Waals surface area contributed by atoms with Crippen molar-refractivity contribution in [3.63, 3.8) is 0 Å². The molecule has 0 bridgehead atoms. The Hall–Kier alpha value is -0.320. The van der Waals surface area contributed by atoms with Crippen molar-refractivity contribution in [3.8, 4) is 0 Å². The van der Waals surface area contributed by atoms with E-state index in [1.807, 2.05) is 0 Å². The standard InChI is InChI=1S/C15H26N2O2.ClH/c1-15(2)13(11-6-8-19-14(11)15)17-12(18)4-3-10-5-7-16-9-10;/h10-11,13-14,16H,3-9H2,1-2H3,(H,17,18);1H. The minimum absolute atomic E-state index is 0. The fourth-order valence-electron chi connectivity index (χ4n) is 4.16. The second kappa shape index (κ2) is 6.20. The minimum Gasteiger partial charge on any atom is -0.377 e. The number of rotatable bonds is 4. The van der Waals surface area contributed by atoms with Crippen molar-refractivity contribution in [1.82, 2.24) is 10.6 Å². The van der Waals surface area contributed by atoms with Crippen molar-refractivity contribution in [2.45, 2.75) is 51.7 Å². The average Bonchev–Trinajstić information content (AvgIpc) is 3.03. The number of fused-ring (bicyclic) bond motifs is 1. The van der Waals surface area contributed by atoms with Crippen LogP contribution in [0.2, 0.25) is 0 Å². The third-order valence-electron chi connectivity index (χ3n) is 5.36. The maximum atomic E-state index is 12.1. The smallest absolute Gasteiger partial charge is 0.220 e. The zero-order valence-corrected chi connectivity index (χ0v) is 13.3. The molecule has 4 unspecified atom stereocenters. The molecule has 1 aliphatic carbocycles. The van der Waals surface area contributed by atoms with E-state index in [0.29, 0.717) is 30.4 Å². The number of amides is 1. The zero-order chi connectivity index (χ0) is 13.5. The molecule has 4 nitrogen and oxygen atoms in total. The van der Waals surface area contributed by atoms with Gasteiger partial charge in [0.15, 0.2) is 0 Å². The summed E-state index contributed by atoms with van der Waals surface area (Å²) in [6.45, 7) is 7.49. The molecule has 0 spiro atoms. The van der Waals surface area contributed by atoms with Crippen molar-refractivity contribution in [2.24, 2.45) is 17.3 Å². The lowest BCUT2D eigenvalue weighted by molar-refractivity contribution is -0.138. The summed E-state index contributed by atoms with van der Waals surface area (Å²) in [5.41, 5.74) is 0.103. The summed E-state index contributed by atoms with van der Waals surface area (Å²) in [7, 11) is 0. The van der Waals surface area contributed by atoms with Crippen LogP contribution in [0.4, 0.5) is 0 Å². The molecule has 2 N–H and O–H groups in total. The molecule has 116 valence electrons. The summed E-state index contributed by atoms with van der Waals surface area (Å²) >= 11 is 0. The van der Waals surface area contributed by atoms with Crippen LogP contribution >= 0.6 is 12.4 Å². The lowest BCUT2D eigenvalue weighted by Gasteiger charge is -2.54. The molecule has 5 heteroatoms. The van der Waals surface area contributed by atoms with Crippen LogP contribution in [0.15, 0.2) is 0 Å². The lowest BCUT2D eigenvalue weighted by atomic mass is 9.57. The van der Waals surface area contributed by atoms with E-state index in [4.69, 9.17) is 4.74 Å². The number of halogens is 1. The van der Waals surface area contributed by atoms with E-state index in [1.54, 1.807) is 0 Å². The zero-order valence-electron chi connectivity index (χ0n) is 12.5. The maximum absolute atomic E-state index is 12.1. The van der Waals surface area contributed by atoms with Gasteiger partial charge in [0.2, 0.25) is 5.91 Å². The number of nitrogens with one attached hydrogen (secondary N) is 2. The Balaban J connectivity index is 0.00000147. The highest BCUT2D eigenvalue weighted by Crippen LogP contribution is 2.52. The molecule has 0 aromatic carbocycles. The van der Waals surface area contributed by atoms with Crippen LogP contribution in [-0.4, -0.2) is 37.7 Å². The highest BCUT2D eigenvalue weighted by molar-refractivity contribution is 5.85. The van der Waals surface area contributed by atoms with Gasteiger partial charge in [-0.05, 0) is 38.3 Å². The largest absolute Gasteiger partial charge is 0.377 e. The van der Waals surface area contributed by atoms with E-state index in [-0.39, 0.29) is 23.7 Å². The van der Waals surface area contributed by atoms with Gasteiger partial charge in [0, 0.05) is 30.4 Å². The van der Waals surface area contributed by atoms with Gasteiger partial charge in [-0.1, -0.05) is 13.8 Å².